The van der Waals surface area contributed by atoms with Crippen molar-refractivity contribution in [3.63, 3.8) is 0 Å². The largest absolute Gasteiger partial charge is 0.491 e. The molecule has 1 amide bonds. The van der Waals surface area contributed by atoms with Crippen molar-refractivity contribution < 1.29 is 17.9 Å². The van der Waals surface area contributed by atoms with Gasteiger partial charge in [0.25, 0.3) is 0 Å². The summed E-state index contributed by atoms with van der Waals surface area (Å²) in [5, 5.41) is 2.73. The number of nitrogens with one attached hydrogen (secondary N) is 1. The highest BCUT2D eigenvalue weighted by molar-refractivity contribution is 7.88. The number of carbonyl (C=O) groups is 1. The quantitative estimate of drug-likeness (QED) is 0.749. The Morgan fingerprint density at radius 2 is 1.63 bits per heavy atom. The van der Waals surface area contributed by atoms with Gasteiger partial charge in [-0.1, -0.05) is 30.3 Å². The van der Waals surface area contributed by atoms with E-state index < -0.39 is 22.0 Å². The normalized spacial score (nSPS) is 12.8. The summed E-state index contributed by atoms with van der Waals surface area (Å²) in [7, 11) is -3.57. The molecule has 1 atom stereocenters. The number of hydrogen-bond donors (Lipinski definition) is 1. The lowest BCUT2D eigenvalue weighted by Gasteiger charge is -2.26. The highest BCUT2D eigenvalue weighted by atomic mass is 32.2. The van der Waals surface area contributed by atoms with Crippen molar-refractivity contribution in [2.24, 2.45) is 0 Å². The number of anilines is 1. The van der Waals surface area contributed by atoms with Crippen LogP contribution in [0.3, 0.4) is 0 Å². The third-order valence-corrected chi connectivity index (χ3v) is 5.25. The molecule has 7 heteroatoms. The average Bonchev–Trinajstić information content (AvgIpc) is 2.60. The van der Waals surface area contributed by atoms with Crippen LogP contribution in [-0.2, 0) is 14.8 Å². The predicted octanol–water partition coefficient (Wildman–Crippen LogP) is 3.44. The lowest BCUT2D eigenvalue weighted by Crippen LogP contribution is -2.39. The minimum absolute atomic E-state index is 0.0632. The summed E-state index contributed by atoms with van der Waals surface area (Å²) in [5.41, 5.74) is 1.41. The van der Waals surface area contributed by atoms with E-state index in [4.69, 9.17) is 4.74 Å². The molecule has 1 N–H and O–H groups in total. The van der Waals surface area contributed by atoms with Gasteiger partial charge in [-0.05, 0) is 50.6 Å². The molecule has 0 spiro atoms. The number of rotatable bonds is 8. The van der Waals surface area contributed by atoms with Crippen molar-refractivity contribution in [3.05, 3.63) is 60.2 Å². The summed E-state index contributed by atoms with van der Waals surface area (Å²) < 4.78 is 31.2. The van der Waals surface area contributed by atoms with E-state index in [9.17, 15) is 13.2 Å². The molecule has 6 nitrogen and oxygen atoms in total. The van der Waals surface area contributed by atoms with E-state index in [2.05, 4.69) is 5.32 Å². The minimum atomic E-state index is -3.57. The average molecular weight is 391 g/mol. The molecule has 0 aliphatic heterocycles. The van der Waals surface area contributed by atoms with Crippen LogP contribution in [0.1, 0.15) is 32.4 Å². The Morgan fingerprint density at radius 3 is 2.15 bits per heavy atom. The maximum atomic E-state index is 12.4. The van der Waals surface area contributed by atoms with Crippen molar-refractivity contribution in [1.82, 2.24) is 4.31 Å². The molecular weight excluding hydrogens is 364 g/mol. The molecule has 0 aromatic heterocycles. The Kier molecular flexibility index (Phi) is 6.98. The summed E-state index contributed by atoms with van der Waals surface area (Å²) in [4.78, 5) is 12.4. The molecule has 1 unspecified atom stereocenters. The molecule has 0 radical (unpaired) electrons. The molecule has 0 fully saturated rings. The number of amides is 1. The molecule has 0 aliphatic rings. The number of nitrogens with zero attached hydrogens (tertiary/aromatic N) is 1. The van der Waals surface area contributed by atoms with E-state index in [1.165, 1.54) is 4.31 Å². The zero-order valence-corrected chi connectivity index (χ0v) is 16.9. The fourth-order valence-electron chi connectivity index (χ4n) is 2.67. The van der Waals surface area contributed by atoms with Gasteiger partial charge < -0.3 is 10.1 Å². The monoisotopic (exact) mass is 390 g/mol. The Morgan fingerprint density at radius 1 is 1.04 bits per heavy atom. The summed E-state index contributed by atoms with van der Waals surface area (Å²) in [6, 6.07) is 15.7. The van der Waals surface area contributed by atoms with Crippen LogP contribution in [0.15, 0.2) is 54.6 Å². The van der Waals surface area contributed by atoms with Crippen LogP contribution in [0, 0.1) is 0 Å². The first-order valence-electron chi connectivity index (χ1n) is 8.75. The molecule has 0 heterocycles. The SMILES string of the molecule is CC(C)Oc1ccc(NC(=O)CN(C(C)c2ccccc2)S(C)(=O)=O)cc1. The molecule has 2 aromatic rings. The van der Waals surface area contributed by atoms with Gasteiger partial charge in [-0.3, -0.25) is 4.79 Å². The maximum absolute atomic E-state index is 12.4. The van der Waals surface area contributed by atoms with Gasteiger partial charge in [-0.2, -0.15) is 4.31 Å². The van der Waals surface area contributed by atoms with Crippen LogP contribution in [0.5, 0.6) is 5.75 Å². The van der Waals surface area contributed by atoms with Crippen molar-refractivity contribution in [1.29, 1.82) is 0 Å². The molecule has 0 aliphatic carbocycles. The van der Waals surface area contributed by atoms with E-state index in [1.807, 2.05) is 44.2 Å². The van der Waals surface area contributed by atoms with Gasteiger partial charge in [0.1, 0.15) is 5.75 Å². The molecule has 27 heavy (non-hydrogen) atoms. The van der Waals surface area contributed by atoms with Gasteiger partial charge in [0.2, 0.25) is 15.9 Å². The van der Waals surface area contributed by atoms with Gasteiger partial charge in [-0.15, -0.1) is 0 Å². The van der Waals surface area contributed by atoms with Gasteiger partial charge in [0, 0.05) is 11.7 Å². The summed E-state index contributed by atoms with van der Waals surface area (Å²) in [6.45, 7) is 5.37. The van der Waals surface area contributed by atoms with Crippen molar-refractivity contribution in [3.8, 4) is 5.75 Å². The van der Waals surface area contributed by atoms with E-state index >= 15 is 0 Å². The first-order valence-corrected chi connectivity index (χ1v) is 10.6. The van der Waals surface area contributed by atoms with Gasteiger partial charge in [-0.25, -0.2) is 8.42 Å². The first-order chi connectivity index (χ1) is 12.7. The number of hydrogen-bond acceptors (Lipinski definition) is 4. The molecule has 2 rings (SSSR count). The van der Waals surface area contributed by atoms with Crippen LogP contribution in [0.2, 0.25) is 0 Å². The topological polar surface area (TPSA) is 75.7 Å². The zero-order chi connectivity index (χ0) is 20.0. The van der Waals surface area contributed by atoms with E-state index in [0.29, 0.717) is 11.4 Å². The number of ether oxygens (including phenoxy) is 1. The number of carbonyl (C=O) groups excluding carboxylic acids is 1. The molecule has 0 saturated heterocycles. The summed E-state index contributed by atoms with van der Waals surface area (Å²) in [6.07, 6.45) is 1.17. The Hall–Kier alpha value is -2.38. The maximum Gasteiger partial charge on any atom is 0.239 e. The number of benzene rings is 2. The van der Waals surface area contributed by atoms with E-state index in [1.54, 1.807) is 31.2 Å². The van der Waals surface area contributed by atoms with Gasteiger partial charge in [0.15, 0.2) is 0 Å². The Labute approximate surface area is 161 Å². The minimum Gasteiger partial charge on any atom is -0.491 e. The molecule has 0 bridgehead atoms. The van der Waals surface area contributed by atoms with Crippen LogP contribution >= 0.6 is 0 Å². The summed E-state index contributed by atoms with van der Waals surface area (Å²) in [5.74, 6) is 0.305. The molecule has 2 aromatic carbocycles. The molecular formula is C20H26N2O4S. The van der Waals surface area contributed by atoms with Gasteiger partial charge in [0.05, 0.1) is 18.9 Å². The Bertz CT molecular complexity index is 849. The summed E-state index contributed by atoms with van der Waals surface area (Å²) >= 11 is 0. The lowest BCUT2D eigenvalue weighted by molar-refractivity contribution is -0.116. The van der Waals surface area contributed by atoms with Crippen LogP contribution in [-0.4, -0.2) is 37.5 Å². The standard InChI is InChI=1S/C20H26N2O4S/c1-15(2)26-19-12-10-18(11-13-19)21-20(23)14-22(27(4,24)25)16(3)17-8-6-5-7-9-17/h5-13,15-16H,14H2,1-4H3,(H,21,23). The van der Waals surface area contributed by atoms with E-state index in [-0.39, 0.29) is 12.6 Å². The Balaban J connectivity index is 2.08. The molecule has 0 saturated carbocycles. The highest BCUT2D eigenvalue weighted by Crippen LogP contribution is 2.23. The fraction of sp³-hybridized carbons (Fsp3) is 0.350. The van der Waals surface area contributed by atoms with Crippen molar-refractivity contribution in [2.75, 3.05) is 18.1 Å². The highest BCUT2D eigenvalue weighted by Gasteiger charge is 2.26. The van der Waals surface area contributed by atoms with Crippen molar-refractivity contribution in [2.45, 2.75) is 32.9 Å². The predicted molar refractivity (Wildman–Crippen MR) is 107 cm³/mol. The van der Waals surface area contributed by atoms with Gasteiger partial charge >= 0.3 is 0 Å². The first kappa shape index (κ1) is 20.9. The van der Waals surface area contributed by atoms with Crippen molar-refractivity contribution >= 4 is 21.6 Å². The second-order valence-corrected chi connectivity index (χ2v) is 8.57. The third-order valence-electron chi connectivity index (χ3n) is 3.95. The molecule has 146 valence electrons. The zero-order valence-electron chi connectivity index (χ0n) is 16.0. The second-order valence-electron chi connectivity index (χ2n) is 6.63. The smallest absolute Gasteiger partial charge is 0.239 e. The number of sulfonamides is 1. The van der Waals surface area contributed by atoms with E-state index in [0.717, 1.165) is 11.8 Å². The third kappa shape index (κ3) is 6.37. The van der Waals surface area contributed by atoms with Crippen LogP contribution in [0.4, 0.5) is 5.69 Å². The fourth-order valence-corrected chi connectivity index (χ4v) is 3.72. The van der Waals surface area contributed by atoms with Crippen LogP contribution < -0.4 is 10.1 Å². The second kappa shape index (κ2) is 9.01. The van der Waals surface area contributed by atoms with Crippen LogP contribution in [0.25, 0.3) is 0 Å². The lowest BCUT2D eigenvalue weighted by atomic mass is 10.1.